The molecule has 0 saturated carbocycles. The lowest BCUT2D eigenvalue weighted by Gasteiger charge is -2.14. The summed E-state index contributed by atoms with van der Waals surface area (Å²) in [6.07, 6.45) is -0.699. The zero-order valence-corrected chi connectivity index (χ0v) is 11.8. The minimum atomic E-state index is -0.699. The molecule has 2 aromatic carbocycles. The van der Waals surface area contributed by atoms with Crippen LogP contribution in [0.15, 0.2) is 42.5 Å². The summed E-state index contributed by atoms with van der Waals surface area (Å²) < 4.78 is 19.5. The lowest BCUT2D eigenvalue weighted by atomic mass is 10.1. The quantitative estimate of drug-likeness (QED) is 0.922. The first-order valence-corrected chi connectivity index (χ1v) is 6.40. The minimum absolute atomic E-state index is 0.144. The van der Waals surface area contributed by atoms with E-state index in [0.29, 0.717) is 11.3 Å². The number of hydrogen-bond donors (Lipinski definition) is 1. The van der Waals surface area contributed by atoms with Crippen LogP contribution in [0.2, 0.25) is 0 Å². The summed E-state index contributed by atoms with van der Waals surface area (Å²) in [4.78, 5) is 1.94. The van der Waals surface area contributed by atoms with Gasteiger partial charge in [0.05, 0.1) is 6.10 Å². The topological polar surface area (TPSA) is 32.7 Å². The number of anilines is 1. The number of hydrogen-bond acceptors (Lipinski definition) is 3. The van der Waals surface area contributed by atoms with E-state index in [1.165, 1.54) is 12.1 Å². The van der Waals surface area contributed by atoms with E-state index in [0.717, 1.165) is 5.69 Å². The SMILES string of the molecule is CC(O)c1ccc(Oc2cccc(N(C)C)c2)c(F)c1. The fourth-order valence-corrected chi connectivity index (χ4v) is 1.81. The van der Waals surface area contributed by atoms with Crippen molar-refractivity contribution in [1.82, 2.24) is 0 Å². The Labute approximate surface area is 118 Å². The second-order valence-electron chi connectivity index (χ2n) is 4.86. The molecule has 1 unspecified atom stereocenters. The van der Waals surface area contributed by atoms with Gasteiger partial charge in [-0.25, -0.2) is 4.39 Å². The molecule has 4 heteroatoms. The highest BCUT2D eigenvalue weighted by atomic mass is 19.1. The van der Waals surface area contributed by atoms with Gasteiger partial charge in [0.2, 0.25) is 0 Å². The van der Waals surface area contributed by atoms with Gasteiger partial charge in [-0.3, -0.25) is 0 Å². The van der Waals surface area contributed by atoms with Gasteiger partial charge in [0.15, 0.2) is 11.6 Å². The molecule has 1 N–H and O–H groups in total. The van der Waals surface area contributed by atoms with Crippen LogP contribution in [0.5, 0.6) is 11.5 Å². The van der Waals surface area contributed by atoms with Crippen molar-refractivity contribution in [3.05, 3.63) is 53.8 Å². The summed E-state index contributed by atoms with van der Waals surface area (Å²) >= 11 is 0. The Balaban J connectivity index is 2.24. The first-order valence-electron chi connectivity index (χ1n) is 6.40. The summed E-state index contributed by atoms with van der Waals surface area (Å²) in [6, 6.07) is 11.9. The molecule has 0 aromatic heterocycles. The number of benzene rings is 2. The molecule has 20 heavy (non-hydrogen) atoms. The number of nitrogens with zero attached hydrogens (tertiary/aromatic N) is 1. The van der Waals surface area contributed by atoms with Crippen molar-refractivity contribution >= 4 is 5.69 Å². The number of halogens is 1. The average Bonchev–Trinajstić information content (AvgIpc) is 2.41. The molecule has 0 fully saturated rings. The van der Waals surface area contributed by atoms with Gasteiger partial charge in [0, 0.05) is 25.8 Å². The van der Waals surface area contributed by atoms with E-state index in [1.54, 1.807) is 19.1 Å². The summed E-state index contributed by atoms with van der Waals surface area (Å²) in [5.74, 6) is 0.226. The van der Waals surface area contributed by atoms with Gasteiger partial charge >= 0.3 is 0 Å². The van der Waals surface area contributed by atoms with Gasteiger partial charge in [0.25, 0.3) is 0 Å². The van der Waals surface area contributed by atoms with Crippen molar-refractivity contribution in [3.63, 3.8) is 0 Å². The molecule has 0 saturated heterocycles. The van der Waals surface area contributed by atoms with Gasteiger partial charge < -0.3 is 14.7 Å². The Morgan fingerprint density at radius 3 is 2.50 bits per heavy atom. The van der Waals surface area contributed by atoms with E-state index >= 15 is 0 Å². The van der Waals surface area contributed by atoms with Crippen LogP contribution in [0.4, 0.5) is 10.1 Å². The van der Waals surface area contributed by atoms with Gasteiger partial charge in [-0.2, -0.15) is 0 Å². The van der Waals surface area contributed by atoms with E-state index in [9.17, 15) is 9.50 Å². The molecule has 3 nitrogen and oxygen atoms in total. The molecule has 0 bridgehead atoms. The maximum Gasteiger partial charge on any atom is 0.166 e. The standard InChI is InChI=1S/C16H18FNO2/c1-11(19)12-7-8-16(15(17)9-12)20-14-6-4-5-13(10-14)18(2)3/h4-11,19H,1-3H3. The average molecular weight is 275 g/mol. The van der Waals surface area contributed by atoms with Gasteiger partial charge in [-0.05, 0) is 36.8 Å². The van der Waals surface area contributed by atoms with E-state index < -0.39 is 11.9 Å². The normalized spacial score (nSPS) is 12.1. The van der Waals surface area contributed by atoms with E-state index in [4.69, 9.17) is 4.74 Å². The predicted molar refractivity (Wildman–Crippen MR) is 77.9 cm³/mol. The molecule has 0 amide bonds. The molecule has 2 rings (SSSR count). The Bertz CT molecular complexity index is 597. The number of ether oxygens (including phenoxy) is 1. The van der Waals surface area contributed by atoms with Gasteiger partial charge in [-0.15, -0.1) is 0 Å². The second kappa shape index (κ2) is 5.92. The highest BCUT2D eigenvalue weighted by Gasteiger charge is 2.09. The van der Waals surface area contributed by atoms with Gasteiger partial charge in [-0.1, -0.05) is 12.1 Å². The van der Waals surface area contributed by atoms with Crippen LogP contribution in [-0.4, -0.2) is 19.2 Å². The summed E-state index contributed by atoms with van der Waals surface area (Å²) in [5.41, 5.74) is 1.50. The molecule has 2 aromatic rings. The monoisotopic (exact) mass is 275 g/mol. The number of rotatable bonds is 4. The summed E-state index contributed by atoms with van der Waals surface area (Å²) in [7, 11) is 3.86. The molecular weight excluding hydrogens is 257 g/mol. The number of aliphatic hydroxyl groups is 1. The van der Waals surface area contributed by atoms with Crippen LogP contribution < -0.4 is 9.64 Å². The molecule has 0 aliphatic rings. The fraction of sp³-hybridized carbons (Fsp3) is 0.250. The lowest BCUT2D eigenvalue weighted by molar-refractivity contribution is 0.198. The van der Waals surface area contributed by atoms with Crippen molar-refractivity contribution < 1.29 is 14.2 Å². The molecule has 0 radical (unpaired) electrons. The third-order valence-electron chi connectivity index (χ3n) is 3.00. The highest BCUT2D eigenvalue weighted by Crippen LogP contribution is 2.28. The van der Waals surface area contributed by atoms with E-state index in [2.05, 4.69) is 0 Å². The molecule has 106 valence electrons. The Hall–Kier alpha value is -2.07. The Morgan fingerprint density at radius 1 is 1.15 bits per heavy atom. The third-order valence-corrected chi connectivity index (χ3v) is 3.00. The molecule has 0 spiro atoms. The van der Waals surface area contributed by atoms with Gasteiger partial charge in [0.1, 0.15) is 5.75 Å². The van der Waals surface area contributed by atoms with Crippen LogP contribution >= 0.6 is 0 Å². The highest BCUT2D eigenvalue weighted by molar-refractivity contribution is 5.50. The maximum absolute atomic E-state index is 13.9. The van der Waals surface area contributed by atoms with Crippen LogP contribution in [0, 0.1) is 5.82 Å². The van der Waals surface area contributed by atoms with Crippen LogP contribution in [0.3, 0.4) is 0 Å². The lowest BCUT2D eigenvalue weighted by Crippen LogP contribution is -2.08. The first kappa shape index (κ1) is 14.3. The number of aliphatic hydroxyl groups excluding tert-OH is 1. The Kier molecular flexibility index (Phi) is 4.25. The van der Waals surface area contributed by atoms with Crippen LogP contribution in [0.25, 0.3) is 0 Å². The van der Waals surface area contributed by atoms with Crippen molar-refractivity contribution in [2.24, 2.45) is 0 Å². The molecule has 0 heterocycles. The van der Waals surface area contributed by atoms with Crippen LogP contribution in [-0.2, 0) is 0 Å². The largest absolute Gasteiger partial charge is 0.454 e. The predicted octanol–water partition coefficient (Wildman–Crippen LogP) is 3.74. The first-order chi connectivity index (χ1) is 9.47. The fourth-order valence-electron chi connectivity index (χ4n) is 1.81. The minimum Gasteiger partial charge on any atom is -0.454 e. The molecule has 0 aliphatic heterocycles. The molecular formula is C16H18FNO2. The maximum atomic E-state index is 13.9. The van der Waals surface area contributed by atoms with E-state index in [1.807, 2.05) is 37.2 Å². The van der Waals surface area contributed by atoms with Crippen molar-refractivity contribution in [2.75, 3.05) is 19.0 Å². The van der Waals surface area contributed by atoms with Crippen molar-refractivity contribution in [3.8, 4) is 11.5 Å². The summed E-state index contributed by atoms with van der Waals surface area (Å²) in [6.45, 7) is 1.59. The smallest absolute Gasteiger partial charge is 0.166 e. The zero-order chi connectivity index (χ0) is 14.7. The second-order valence-corrected chi connectivity index (χ2v) is 4.86. The zero-order valence-electron chi connectivity index (χ0n) is 11.8. The third kappa shape index (κ3) is 3.27. The van der Waals surface area contributed by atoms with Crippen LogP contribution in [0.1, 0.15) is 18.6 Å². The van der Waals surface area contributed by atoms with E-state index in [-0.39, 0.29) is 5.75 Å². The molecule has 0 aliphatic carbocycles. The summed E-state index contributed by atoms with van der Waals surface area (Å²) in [5, 5.41) is 9.41. The Morgan fingerprint density at radius 2 is 1.90 bits per heavy atom. The molecule has 1 atom stereocenters. The van der Waals surface area contributed by atoms with Crippen molar-refractivity contribution in [1.29, 1.82) is 0 Å². The van der Waals surface area contributed by atoms with Crippen molar-refractivity contribution in [2.45, 2.75) is 13.0 Å².